The summed E-state index contributed by atoms with van der Waals surface area (Å²) >= 11 is 0. The van der Waals surface area contributed by atoms with Gasteiger partial charge in [0.1, 0.15) is 0 Å². The zero-order valence-corrected chi connectivity index (χ0v) is 20.2. The Labute approximate surface area is 199 Å². The lowest BCUT2D eigenvalue weighted by Gasteiger charge is -2.24. The van der Waals surface area contributed by atoms with Gasteiger partial charge in [0.05, 0.1) is 31.6 Å². The van der Waals surface area contributed by atoms with E-state index in [2.05, 4.69) is 28.6 Å². The number of carbonyl (C=O) groups excluding carboxylic acids is 1. The van der Waals surface area contributed by atoms with E-state index in [-0.39, 0.29) is 5.97 Å². The summed E-state index contributed by atoms with van der Waals surface area (Å²) in [5.41, 5.74) is 7.83. The van der Waals surface area contributed by atoms with Crippen molar-refractivity contribution in [2.45, 2.75) is 40.2 Å². The Morgan fingerprint density at radius 3 is 2.62 bits per heavy atom. The van der Waals surface area contributed by atoms with E-state index >= 15 is 0 Å². The Balaban J connectivity index is 1.85. The molecule has 0 unspecified atom stereocenters. The summed E-state index contributed by atoms with van der Waals surface area (Å²) in [5, 5.41) is 1.09. The molecule has 0 saturated carbocycles. The SMILES string of the molecule is CCOC(=O)c1c(-c2c[nH]c3ccccc23)c(CC)n2c1-c1cc(OCC)c(OC)cc1CC2. The second-order valence-electron chi connectivity index (χ2n) is 8.36. The molecule has 2 aromatic carbocycles. The average molecular weight is 459 g/mol. The molecule has 4 aromatic rings. The molecular weight excluding hydrogens is 428 g/mol. The number of hydrogen-bond donors (Lipinski definition) is 1. The van der Waals surface area contributed by atoms with Gasteiger partial charge >= 0.3 is 5.97 Å². The minimum atomic E-state index is -0.298. The average Bonchev–Trinajstić information content (AvgIpc) is 3.42. The van der Waals surface area contributed by atoms with Gasteiger partial charge in [-0.15, -0.1) is 0 Å². The topological polar surface area (TPSA) is 65.5 Å². The molecule has 3 heterocycles. The van der Waals surface area contributed by atoms with Gasteiger partial charge in [-0.05, 0) is 50.5 Å². The van der Waals surface area contributed by atoms with Crippen molar-refractivity contribution in [2.75, 3.05) is 20.3 Å². The van der Waals surface area contributed by atoms with Crippen LogP contribution in [0.1, 0.15) is 42.4 Å². The predicted molar refractivity (Wildman–Crippen MR) is 134 cm³/mol. The zero-order valence-electron chi connectivity index (χ0n) is 20.2. The minimum absolute atomic E-state index is 0.298. The summed E-state index contributed by atoms with van der Waals surface area (Å²) < 4.78 is 19.4. The fourth-order valence-corrected chi connectivity index (χ4v) is 5.22. The van der Waals surface area contributed by atoms with Gasteiger partial charge in [-0.25, -0.2) is 4.79 Å². The number of aromatic amines is 1. The Hall–Kier alpha value is -3.67. The number of rotatable bonds is 7. The van der Waals surface area contributed by atoms with Crippen LogP contribution in [-0.4, -0.2) is 35.8 Å². The normalized spacial score (nSPS) is 12.4. The largest absolute Gasteiger partial charge is 0.493 e. The number of H-pyrrole nitrogens is 1. The molecule has 0 saturated heterocycles. The summed E-state index contributed by atoms with van der Waals surface area (Å²) in [6.45, 7) is 7.58. The standard InChI is InChI=1S/C28H30N2O4/c1-5-22-25(20-16-29-21-11-9-8-10-18(20)21)26(28(31)34-7-3)27-19-15-24(33-6-2)23(32-4)14-17(19)12-13-30(22)27/h8-11,14-16,29H,5-7,12-13H2,1-4H3. The lowest BCUT2D eigenvalue weighted by molar-refractivity contribution is 0.0528. The zero-order chi connectivity index (χ0) is 23.8. The smallest absolute Gasteiger partial charge is 0.340 e. The number of nitrogens with one attached hydrogen (secondary N) is 1. The monoisotopic (exact) mass is 458 g/mol. The number of nitrogens with zero attached hydrogens (tertiary/aromatic N) is 1. The number of para-hydroxylation sites is 1. The van der Waals surface area contributed by atoms with Crippen molar-refractivity contribution >= 4 is 16.9 Å². The number of fused-ring (bicyclic) bond motifs is 4. The number of carbonyl (C=O) groups is 1. The Morgan fingerprint density at radius 1 is 1.06 bits per heavy atom. The van der Waals surface area contributed by atoms with Crippen LogP contribution in [0.4, 0.5) is 0 Å². The Kier molecular flexibility index (Phi) is 5.82. The molecule has 0 radical (unpaired) electrons. The highest BCUT2D eigenvalue weighted by molar-refractivity contribution is 6.09. The van der Waals surface area contributed by atoms with Gasteiger partial charge in [0.25, 0.3) is 0 Å². The van der Waals surface area contributed by atoms with Gasteiger partial charge in [0.15, 0.2) is 11.5 Å². The van der Waals surface area contributed by atoms with Crippen LogP contribution >= 0.6 is 0 Å². The molecule has 0 bridgehead atoms. The van der Waals surface area contributed by atoms with Gasteiger partial charge in [-0.3, -0.25) is 0 Å². The fraction of sp³-hybridized carbons (Fsp3) is 0.321. The number of aromatic nitrogens is 2. The lowest BCUT2D eigenvalue weighted by atomic mass is 9.93. The molecule has 1 aliphatic rings. The van der Waals surface area contributed by atoms with Crippen LogP contribution in [-0.2, 0) is 24.1 Å². The third-order valence-electron chi connectivity index (χ3n) is 6.59. The number of ether oxygens (including phenoxy) is 3. The van der Waals surface area contributed by atoms with E-state index in [1.807, 2.05) is 44.3 Å². The molecule has 0 spiro atoms. The summed E-state index contributed by atoms with van der Waals surface area (Å²) in [7, 11) is 1.66. The molecule has 176 valence electrons. The highest BCUT2D eigenvalue weighted by atomic mass is 16.5. The van der Waals surface area contributed by atoms with Gasteiger partial charge in [-0.2, -0.15) is 0 Å². The van der Waals surface area contributed by atoms with E-state index in [0.717, 1.165) is 63.9 Å². The van der Waals surface area contributed by atoms with Crippen molar-refractivity contribution < 1.29 is 19.0 Å². The molecule has 34 heavy (non-hydrogen) atoms. The van der Waals surface area contributed by atoms with E-state index in [1.54, 1.807) is 7.11 Å². The van der Waals surface area contributed by atoms with Gasteiger partial charge in [-0.1, -0.05) is 25.1 Å². The molecule has 0 fully saturated rings. The van der Waals surface area contributed by atoms with Crippen LogP contribution < -0.4 is 9.47 Å². The number of aryl methyl sites for hydroxylation is 1. The van der Waals surface area contributed by atoms with Crippen molar-refractivity contribution in [3.63, 3.8) is 0 Å². The second-order valence-corrected chi connectivity index (χ2v) is 8.36. The summed E-state index contributed by atoms with van der Waals surface area (Å²) in [6.07, 6.45) is 3.65. The first-order valence-corrected chi connectivity index (χ1v) is 12.0. The molecular formula is C28H30N2O4. The van der Waals surface area contributed by atoms with Crippen LogP contribution in [0.3, 0.4) is 0 Å². The summed E-state index contributed by atoms with van der Waals surface area (Å²) in [5.74, 6) is 1.10. The summed E-state index contributed by atoms with van der Waals surface area (Å²) in [6, 6.07) is 12.3. The highest BCUT2D eigenvalue weighted by Gasteiger charge is 2.33. The van der Waals surface area contributed by atoms with Gasteiger partial charge in [0, 0.05) is 46.0 Å². The van der Waals surface area contributed by atoms with Crippen molar-refractivity contribution in [1.82, 2.24) is 9.55 Å². The second kappa shape index (κ2) is 8.93. The Morgan fingerprint density at radius 2 is 1.88 bits per heavy atom. The van der Waals surface area contributed by atoms with E-state index in [9.17, 15) is 4.79 Å². The first kappa shape index (κ1) is 22.1. The number of benzene rings is 2. The number of methoxy groups -OCH3 is 1. The molecule has 6 heteroatoms. The molecule has 6 nitrogen and oxygen atoms in total. The van der Waals surface area contributed by atoms with E-state index < -0.39 is 0 Å². The fourth-order valence-electron chi connectivity index (χ4n) is 5.22. The van der Waals surface area contributed by atoms with Crippen LogP contribution in [0.2, 0.25) is 0 Å². The predicted octanol–water partition coefficient (Wildman–Crippen LogP) is 6.01. The molecule has 0 amide bonds. The van der Waals surface area contributed by atoms with Crippen molar-refractivity contribution in [3.8, 4) is 33.9 Å². The van der Waals surface area contributed by atoms with Crippen molar-refractivity contribution in [3.05, 3.63) is 59.4 Å². The third kappa shape index (κ3) is 3.36. The quantitative estimate of drug-likeness (QED) is 0.345. The van der Waals surface area contributed by atoms with Crippen LogP contribution in [0.15, 0.2) is 42.6 Å². The first-order valence-electron chi connectivity index (χ1n) is 12.0. The van der Waals surface area contributed by atoms with Crippen molar-refractivity contribution in [2.24, 2.45) is 0 Å². The van der Waals surface area contributed by atoms with E-state index in [4.69, 9.17) is 14.2 Å². The first-order chi connectivity index (χ1) is 16.6. The van der Waals surface area contributed by atoms with Gasteiger partial charge < -0.3 is 23.8 Å². The Bertz CT molecular complexity index is 1380. The van der Waals surface area contributed by atoms with Crippen LogP contribution in [0.5, 0.6) is 11.5 Å². The molecule has 1 N–H and O–H groups in total. The molecule has 0 aliphatic carbocycles. The van der Waals surface area contributed by atoms with Crippen LogP contribution in [0, 0.1) is 0 Å². The molecule has 5 rings (SSSR count). The molecule has 0 atom stereocenters. The van der Waals surface area contributed by atoms with Gasteiger partial charge in [0.2, 0.25) is 0 Å². The summed E-state index contributed by atoms with van der Waals surface area (Å²) in [4.78, 5) is 16.9. The molecule has 1 aliphatic heterocycles. The maximum atomic E-state index is 13.5. The number of hydrogen-bond acceptors (Lipinski definition) is 4. The van der Waals surface area contributed by atoms with Crippen LogP contribution in [0.25, 0.3) is 33.3 Å². The van der Waals surface area contributed by atoms with Crippen molar-refractivity contribution in [1.29, 1.82) is 0 Å². The lowest BCUT2D eigenvalue weighted by Crippen LogP contribution is -2.15. The maximum absolute atomic E-state index is 13.5. The highest BCUT2D eigenvalue weighted by Crippen LogP contribution is 2.46. The van der Waals surface area contributed by atoms with E-state index in [0.29, 0.717) is 30.3 Å². The molecule has 2 aromatic heterocycles. The maximum Gasteiger partial charge on any atom is 0.340 e. The van der Waals surface area contributed by atoms with E-state index in [1.165, 1.54) is 0 Å². The number of esters is 1. The minimum Gasteiger partial charge on any atom is -0.493 e. The third-order valence-corrected chi connectivity index (χ3v) is 6.59.